The fourth-order valence-electron chi connectivity index (χ4n) is 4.80. The number of nitrogens with zero attached hydrogens (tertiary/aromatic N) is 4. The van der Waals surface area contributed by atoms with Crippen molar-refractivity contribution in [2.24, 2.45) is 5.73 Å². The molecule has 2 aliphatic rings. The number of ether oxygens (including phenoxy) is 2. The molecule has 53 heavy (non-hydrogen) atoms. The topological polar surface area (TPSA) is 179 Å². The first-order valence-corrected chi connectivity index (χ1v) is 18.3. The molecule has 0 spiro atoms. The zero-order chi connectivity index (χ0) is 40.4. The summed E-state index contributed by atoms with van der Waals surface area (Å²) in [4.78, 5) is 50.1. The van der Waals surface area contributed by atoms with E-state index in [9.17, 15) is 24.4 Å². The van der Waals surface area contributed by atoms with Crippen molar-refractivity contribution in [1.29, 1.82) is 10.5 Å². The van der Waals surface area contributed by atoms with Gasteiger partial charge < -0.3 is 30.3 Å². The number of hydrogen-bond donors (Lipinski definition) is 2. The molecule has 12 nitrogen and oxygen atoms in total. The van der Waals surface area contributed by atoms with Crippen molar-refractivity contribution in [3.8, 4) is 12.1 Å². The molecular formula is C36H43Cl5N6O6. The van der Waals surface area contributed by atoms with E-state index in [1.54, 1.807) is 42.7 Å². The second kappa shape index (κ2) is 19.2. The van der Waals surface area contributed by atoms with Gasteiger partial charge in [-0.1, -0.05) is 46.4 Å². The highest BCUT2D eigenvalue weighted by Crippen LogP contribution is 2.27. The predicted molar refractivity (Wildman–Crippen MR) is 206 cm³/mol. The summed E-state index contributed by atoms with van der Waals surface area (Å²) >= 11 is 28.3. The Balaban J connectivity index is 0.000000305. The third-order valence-corrected chi connectivity index (χ3v) is 8.98. The van der Waals surface area contributed by atoms with E-state index in [0.717, 1.165) is 0 Å². The van der Waals surface area contributed by atoms with Crippen molar-refractivity contribution in [2.45, 2.75) is 89.5 Å². The summed E-state index contributed by atoms with van der Waals surface area (Å²) in [7, 11) is 0. The van der Waals surface area contributed by atoms with Crippen LogP contribution in [0, 0.1) is 22.7 Å². The maximum Gasteiger partial charge on any atom is 0.410 e. The zero-order valence-electron chi connectivity index (χ0n) is 30.3. The van der Waals surface area contributed by atoms with Crippen molar-refractivity contribution in [3.63, 3.8) is 0 Å². The van der Waals surface area contributed by atoms with Crippen LogP contribution in [0.2, 0.25) is 20.1 Å². The summed E-state index contributed by atoms with van der Waals surface area (Å²) < 4.78 is 10.6. The first-order valence-electron chi connectivity index (χ1n) is 16.4. The van der Waals surface area contributed by atoms with Gasteiger partial charge >= 0.3 is 12.2 Å². The second-order valence-corrected chi connectivity index (χ2v) is 16.4. The van der Waals surface area contributed by atoms with Crippen LogP contribution < -0.4 is 11.1 Å². The van der Waals surface area contributed by atoms with Gasteiger partial charge in [0.25, 0.3) is 11.1 Å². The lowest BCUT2D eigenvalue weighted by molar-refractivity contribution is 0.0169. The molecule has 2 aliphatic heterocycles. The van der Waals surface area contributed by atoms with Crippen LogP contribution in [0.4, 0.5) is 9.59 Å². The lowest BCUT2D eigenvalue weighted by Crippen LogP contribution is -2.55. The van der Waals surface area contributed by atoms with Crippen LogP contribution in [0.15, 0.2) is 36.4 Å². The molecule has 3 N–H and O–H groups in total. The molecule has 0 aliphatic carbocycles. The minimum atomic E-state index is -1.06. The van der Waals surface area contributed by atoms with Gasteiger partial charge in [-0.2, -0.15) is 10.5 Å². The van der Waals surface area contributed by atoms with Gasteiger partial charge in [-0.3, -0.25) is 9.59 Å². The Morgan fingerprint density at radius 2 is 1.11 bits per heavy atom. The van der Waals surface area contributed by atoms with Crippen molar-refractivity contribution in [2.75, 3.05) is 26.2 Å². The number of carbonyl (C=O) groups is 4. The minimum absolute atomic E-state index is 0.217. The van der Waals surface area contributed by atoms with Crippen LogP contribution >= 0.6 is 58.0 Å². The molecule has 4 rings (SSSR count). The maximum absolute atomic E-state index is 12.5. The van der Waals surface area contributed by atoms with E-state index in [4.69, 9.17) is 78.5 Å². The van der Waals surface area contributed by atoms with Crippen LogP contribution in [0.25, 0.3) is 0 Å². The number of nitrogens with two attached hydrogens (primary N) is 1. The number of hydrogen-bond acceptors (Lipinski definition) is 9. The number of nitrogens with one attached hydrogen (secondary N) is 1. The number of benzene rings is 2. The van der Waals surface area contributed by atoms with Gasteiger partial charge in [0.2, 0.25) is 0 Å². The second-order valence-electron chi connectivity index (χ2n) is 14.4. The minimum Gasteiger partial charge on any atom is -0.444 e. The average Bonchev–Trinajstić information content (AvgIpc) is 3.04. The molecule has 0 bridgehead atoms. The van der Waals surface area contributed by atoms with Crippen molar-refractivity contribution >= 4 is 81.3 Å². The Kier molecular flexibility index (Phi) is 16.5. The SMILES string of the molecule is CC(C)(C)OC(=O)N1CCC(C#N)(NC(=O)c2ccc(Cl)cc2Cl)CC1.CC(C)(C)OC(=O)N1CCC(N)(C#N)CC1.O=C(Cl)c1ccc(Cl)cc1Cl. The molecule has 0 radical (unpaired) electrons. The molecule has 0 unspecified atom stereocenters. The predicted octanol–water partition coefficient (Wildman–Crippen LogP) is 8.63. The van der Waals surface area contributed by atoms with E-state index in [1.165, 1.54) is 24.3 Å². The van der Waals surface area contributed by atoms with Gasteiger partial charge in [-0.25, -0.2) is 9.59 Å². The number of halogens is 5. The Bertz CT molecular complexity index is 1730. The Morgan fingerprint density at radius 3 is 1.45 bits per heavy atom. The first kappa shape index (κ1) is 45.7. The van der Waals surface area contributed by atoms with Gasteiger partial charge in [0.05, 0.1) is 33.3 Å². The highest BCUT2D eigenvalue weighted by atomic mass is 35.5. The molecule has 2 heterocycles. The van der Waals surface area contributed by atoms with Gasteiger partial charge in [0, 0.05) is 49.1 Å². The molecule has 2 fully saturated rings. The highest BCUT2D eigenvalue weighted by molar-refractivity contribution is 6.68. The van der Waals surface area contributed by atoms with E-state index in [1.807, 2.05) is 20.8 Å². The molecule has 2 aromatic carbocycles. The van der Waals surface area contributed by atoms with Gasteiger partial charge in [0.1, 0.15) is 22.3 Å². The van der Waals surface area contributed by atoms with Crippen molar-refractivity contribution in [1.82, 2.24) is 15.1 Å². The quantitative estimate of drug-likeness (QED) is 0.287. The number of nitriles is 2. The van der Waals surface area contributed by atoms with Crippen LogP contribution in [-0.4, -0.2) is 81.6 Å². The summed E-state index contributed by atoms with van der Waals surface area (Å²) in [6.07, 6.45) is 0.869. The van der Waals surface area contributed by atoms with Crippen LogP contribution in [0.5, 0.6) is 0 Å². The lowest BCUT2D eigenvalue weighted by Gasteiger charge is -2.38. The zero-order valence-corrected chi connectivity index (χ0v) is 34.1. The number of amides is 3. The van der Waals surface area contributed by atoms with Crippen LogP contribution in [-0.2, 0) is 9.47 Å². The largest absolute Gasteiger partial charge is 0.444 e. The van der Waals surface area contributed by atoms with Gasteiger partial charge in [-0.05, 0) is 102 Å². The molecule has 0 aromatic heterocycles. The molecule has 2 aromatic rings. The summed E-state index contributed by atoms with van der Waals surface area (Å²) in [5.41, 5.74) is 3.43. The average molecular weight is 833 g/mol. The summed E-state index contributed by atoms with van der Waals surface area (Å²) in [5.74, 6) is -0.445. The van der Waals surface area contributed by atoms with Crippen molar-refractivity contribution in [3.05, 3.63) is 67.6 Å². The third-order valence-electron chi connectivity index (χ3n) is 7.68. The van der Waals surface area contributed by atoms with E-state index >= 15 is 0 Å². The first-order chi connectivity index (χ1) is 24.4. The monoisotopic (exact) mass is 830 g/mol. The fourth-order valence-corrected chi connectivity index (χ4v) is 6.00. The van der Waals surface area contributed by atoms with E-state index in [2.05, 4.69) is 17.5 Å². The molecular weight excluding hydrogens is 790 g/mol. The summed E-state index contributed by atoms with van der Waals surface area (Å²) in [5, 5.41) is 22.0. The number of piperidine rings is 2. The molecule has 17 heteroatoms. The molecule has 0 saturated carbocycles. The number of likely N-dealkylation sites (tertiary alicyclic amines) is 2. The van der Waals surface area contributed by atoms with E-state index in [-0.39, 0.29) is 27.3 Å². The number of carbonyl (C=O) groups excluding carboxylic acids is 4. The maximum atomic E-state index is 12.5. The van der Waals surface area contributed by atoms with Crippen LogP contribution in [0.1, 0.15) is 87.9 Å². The highest BCUT2D eigenvalue weighted by Gasteiger charge is 2.39. The lowest BCUT2D eigenvalue weighted by atomic mass is 9.88. The summed E-state index contributed by atoms with van der Waals surface area (Å²) in [6, 6.07) is 13.3. The Labute approximate surface area is 335 Å². The van der Waals surface area contributed by atoms with E-state index in [0.29, 0.717) is 61.9 Å². The third kappa shape index (κ3) is 15.0. The molecule has 288 valence electrons. The summed E-state index contributed by atoms with van der Waals surface area (Å²) in [6.45, 7) is 12.5. The smallest absolute Gasteiger partial charge is 0.410 e. The van der Waals surface area contributed by atoms with Crippen molar-refractivity contribution < 1.29 is 28.7 Å². The number of rotatable bonds is 3. The molecule has 3 amide bonds. The van der Waals surface area contributed by atoms with Gasteiger partial charge in [0.15, 0.2) is 0 Å². The fraction of sp³-hybridized carbons (Fsp3) is 0.500. The Hall–Kier alpha value is -3.49. The normalized spacial score (nSPS) is 16.2. The van der Waals surface area contributed by atoms with E-state index < -0.39 is 39.5 Å². The standard InChI is InChI=1S/C18H21Cl2N3O3.C11H19N3O2.C7H3Cl3O/c1-17(2,3)26-16(25)23-8-6-18(11-21,7-9-23)22-15(24)13-5-4-12(19)10-14(13)20;1-10(2,3)16-9(15)14-6-4-11(13,8-12)5-7-14;8-4-1-2-5(7(10)11)6(9)3-4/h4-5,10H,6-9H2,1-3H3,(H,22,24);4-7,13H2,1-3H3;1-3H. The van der Waals surface area contributed by atoms with Crippen LogP contribution in [0.3, 0.4) is 0 Å². The molecule has 2 saturated heterocycles. The molecule has 0 atom stereocenters. The van der Waals surface area contributed by atoms with Gasteiger partial charge in [-0.15, -0.1) is 0 Å². The Morgan fingerprint density at radius 1 is 0.717 bits per heavy atom.